The molecule has 0 aromatic carbocycles. The number of carbonyl (C=O) groups is 1. The third-order valence-electron chi connectivity index (χ3n) is 7.19. The molecule has 2 saturated carbocycles. The predicted molar refractivity (Wildman–Crippen MR) is 95.2 cm³/mol. The van der Waals surface area contributed by atoms with E-state index in [1.165, 1.54) is 6.42 Å². The van der Waals surface area contributed by atoms with Gasteiger partial charge in [0.2, 0.25) is 0 Å². The van der Waals surface area contributed by atoms with E-state index in [1.54, 1.807) is 0 Å². The number of rotatable bonds is 7. The molecule has 7 atom stereocenters. The highest BCUT2D eigenvalue weighted by atomic mass is 16.6. The average Bonchev–Trinajstić information content (AvgIpc) is 3.44. The maximum absolute atomic E-state index is 12.5. The highest BCUT2D eigenvalue weighted by Crippen LogP contribution is 2.51. The molecule has 2 aliphatic carbocycles. The van der Waals surface area contributed by atoms with E-state index in [0.717, 1.165) is 44.3 Å². The van der Waals surface area contributed by atoms with Gasteiger partial charge >= 0.3 is 0 Å². The first-order valence-electron chi connectivity index (χ1n) is 10.0. The first-order valence-corrected chi connectivity index (χ1v) is 10.0. The van der Waals surface area contributed by atoms with E-state index in [0.29, 0.717) is 30.5 Å². The standard InChI is InChI=1S/C21H32O4/c1-13(16-8-10-21(4)19(12-16)25-21)23-14(2)17(22)6-5-15-7-9-20(3)18(11-15)24-20/h14-16,18-19H,1,5-12H2,2-4H3. The summed E-state index contributed by atoms with van der Waals surface area (Å²) < 4.78 is 17.4. The first-order chi connectivity index (χ1) is 11.8. The van der Waals surface area contributed by atoms with Crippen molar-refractivity contribution in [3.63, 3.8) is 0 Å². The molecule has 2 saturated heterocycles. The van der Waals surface area contributed by atoms with Crippen LogP contribution in [0.5, 0.6) is 0 Å². The molecule has 4 heteroatoms. The highest BCUT2D eigenvalue weighted by molar-refractivity contribution is 5.82. The van der Waals surface area contributed by atoms with Crippen molar-refractivity contribution >= 4 is 5.78 Å². The Morgan fingerprint density at radius 1 is 1.16 bits per heavy atom. The molecule has 4 nitrogen and oxygen atoms in total. The van der Waals surface area contributed by atoms with Crippen LogP contribution in [-0.2, 0) is 19.0 Å². The van der Waals surface area contributed by atoms with Crippen molar-refractivity contribution in [3.8, 4) is 0 Å². The Morgan fingerprint density at radius 3 is 2.44 bits per heavy atom. The average molecular weight is 348 g/mol. The van der Waals surface area contributed by atoms with Gasteiger partial charge in [-0.1, -0.05) is 6.58 Å². The molecule has 140 valence electrons. The second-order valence-corrected chi connectivity index (χ2v) is 9.18. The van der Waals surface area contributed by atoms with Crippen LogP contribution < -0.4 is 0 Å². The Hall–Kier alpha value is -0.870. The summed E-state index contributed by atoms with van der Waals surface area (Å²) in [4.78, 5) is 12.5. The molecule has 0 N–H and O–H groups in total. The molecule has 25 heavy (non-hydrogen) atoms. The van der Waals surface area contributed by atoms with Crippen molar-refractivity contribution in [1.29, 1.82) is 0 Å². The molecule has 4 rings (SSSR count). The minimum Gasteiger partial charge on any atom is -0.488 e. The molecule has 4 fully saturated rings. The summed E-state index contributed by atoms with van der Waals surface area (Å²) in [7, 11) is 0. The summed E-state index contributed by atoms with van der Waals surface area (Å²) in [6.07, 6.45) is 8.54. The largest absolute Gasteiger partial charge is 0.488 e. The van der Waals surface area contributed by atoms with E-state index in [-0.39, 0.29) is 23.1 Å². The fourth-order valence-electron chi connectivity index (χ4n) is 4.86. The van der Waals surface area contributed by atoms with Gasteiger partial charge in [-0.3, -0.25) is 4.79 Å². The van der Waals surface area contributed by atoms with Crippen LogP contribution in [0, 0.1) is 11.8 Å². The van der Waals surface area contributed by atoms with Gasteiger partial charge in [0.15, 0.2) is 11.9 Å². The predicted octanol–water partition coefficient (Wildman–Crippen LogP) is 4.17. The molecule has 4 aliphatic rings. The van der Waals surface area contributed by atoms with E-state index in [1.807, 2.05) is 6.92 Å². The SMILES string of the molecule is C=C(OC(C)C(=O)CCC1CCC2(C)OC2C1)C1CCC2(C)OC2C1. The van der Waals surface area contributed by atoms with Crippen LogP contribution in [0.1, 0.15) is 72.1 Å². The summed E-state index contributed by atoms with van der Waals surface area (Å²) in [5.74, 6) is 1.94. The topological polar surface area (TPSA) is 51.4 Å². The zero-order valence-corrected chi connectivity index (χ0v) is 15.9. The van der Waals surface area contributed by atoms with E-state index in [2.05, 4.69) is 20.4 Å². The molecule has 0 radical (unpaired) electrons. The van der Waals surface area contributed by atoms with Gasteiger partial charge in [0.25, 0.3) is 0 Å². The first kappa shape index (κ1) is 17.5. The zero-order chi connectivity index (χ0) is 17.8. The quantitative estimate of drug-likeness (QED) is 0.512. The lowest BCUT2D eigenvalue weighted by molar-refractivity contribution is -0.128. The van der Waals surface area contributed by atoms with Crippen LogP contribution in [0.4, 0.5) is 0 Å². The zero-order valence-electron chi connectivity index (χ0n) is 15.9. The summed E-state index contributed by atoms with van der Waals surface area (Å²) in [5, 5.41) is 0. The molecule has 0 aromatic rings. The molecule has 2 heterocycles. The minimum absolute atomic E-state index is 0.111. The Morgan fingerprint density at radius 2 is 1.80 bits per heavy atom. The number of ether oxygens (including phenoxy) is 3. The number of hydrogen-bond donors (Lipinski definition) is 0. The fraction of sp³-hybridized carbons (Fsp3) is 0.857. The van der Waals surface area contributed by atoms with E-state index >= 15 is 0 Å². The van der Waals surface area contributed by atoms with Crippen molar-refractivity contribution in [3.05, 3.63) is 12.3 Å². The van der Waals surface area contributed by atoms with Crippen molar-refractivity contribution < 1.29 is 19.0 Å². The minimum atomic E-state index is -0.382. The van der Waals surface area contributed by atoms with Crippen LogP contribution in [-0.4, -0.2) is 35.3 Å². The second kappa shape index (κ2) is 6.09. The Balaban J connectivity index is 1.18. The summed E-state index contributed by atoms with van der Waals surface area (Å²) in [5.41, 5.74) is 0.273. The highest BCUT2D eigenvalue weighted by Gasteiger charge is 2.56. The van der Waals surface area contributed by atoms with Crippen LogP contribution in [0.25, 0.3) is 0 Å². The maximum Gasteiger partial charge on any atom is 0.172 e. The van der Waals surface area contributed by atoms with Gasteiger partial charge in [0.1, 0.15) is 0 Å². The lowest BCUT2D eigenvalue weighted by atomic mass is 9.80. The summed E-state index contributed by atoms with van der Waals surface area (Å²) in [6, 6.07) is 0. The molecule has 0 aromatic heterocycles. The maximum atomic E-state index is 12.5. The number of carbonyl (C=O) groups excluding carboxylic acids is 1. The van der Waals surface area contributed by atoms with E-state index in [4.69, 9.17) is 14.2 Å². The van der Waals surface area contributed by atoms with Crippen LogP contribution in [0.3, 0.4) is 0 Å². The lowest BCUT2D eigenvalue weighted by Gasteiger charge is -2.26. The van der Waals surface area contributed by atoms with Gasteiger partial charge < -0.3 is 14.2 Å². The van der Waals surface area contributed by atoms with Gasteiger partial charge in [0.05, 0.1) is 29.2 Å². The van der Waals surface area contributed by atoms with Gasteiger partial charge in [-0.25, -0.2) is 0 Å². The molecule has 0 spiro atoms. The Bertz CT molecular complexity index is 572. The van der Waals surface area contributed by atoms with Crippen molar-refractivity contribution in [2.75, 3.05) is 0 Å². The third kappa shape index (κ3) is 3.52. The monoisotopic (exact) mass is 348 g/mol. The molecular weight excluding hydrogens is 316 g/mol. The number of fused-ring (bicyclic) bond motifs is 2. The fourth-order valence-corrected chi connectivity index (χ4v) is 4.86. The number of epoxide rings is 2. The lowest BCUT2D eigenvalue weighted by Crippen LogP contribution is -2.27. The Kier molecular flexibility index (Phi) is 4.27. The van der Waals surface area contributed by atoms with E-state index in [9.17, 15) is 4.79 Å². The summed E-state index contributed by atoms with van der Waals surface area (Å²) >= 11 is 0. The number of allylic oxidation sites excluding steroid dienone is 1. The molecule has 7 unspecified atom stereocenters. The van der Waals surface area contributed by atoms with Gasteiger partial charge in [-0.05, 0) is 71.6 Å². The Labute approximate surface area is 151 Å². The van der Waals surface area contributed by atoms with Gasteiger partial charge in [-0.15, -0.1) is 0 Å². The van der Waals surface area contributed by atoms with Crippen LogP contribution >= 0.6 is 0 Å². The smallest absolute Gasteiger partial charge is 0.172 e. The molecule has 2 aliphatic heterocycles. The number of ketones is 1. The van der Waals surface area contributed by atoms with Crippen LogP contribution in [0.15, 0.2) is 12.3 Å². The molecular formula is C21H32O4. The number of Topliss-reactive ketones (excluding diaryl/α,β-unsaturated/α-hetero) is 1. The van der Waals surface area contributed by atoms with Crippen LogP contribution in [0.2, 0.25) is 0 Å². The van der Waals surface area contributed by atoms with Gasteiger partial charge in [-0.2, -0.15) is 0 Å². The van der Waals surface area contributed by atoms with Crippen molar-refractivity contribution in [2.45, 2.75) is 102 Å². The summed E-state index contributed by atoms with van der Waals surface area (Å²) in [6.45, 7) is 10.4. The van der Waals surface area contributed by atoms with E-state index < -0.39 is 0 Å². The number of hydrogen-bond acceptors (Lipinski definition) is 4. The van der Waals surface area contributed by atoms with Gasteiger partial charge in [0, 0.05) is 12.3 Å². The van der Waals surface area contributed by atoms with Crippen molar-refractivity contribution in [2.24, 2.45) is 11.8 Å². The van der Waals surface area contributed by atoms with Crippen molar-refractivity contribution in [1.82, 2.24) is 0 Å². The normalized spacial score (nSPS) is 45.7. The third-order valence-corrected chi connectivity index (χ3v) is 7.19. The molecule has 0 bridgehead atoms. The second-order valence-electron chi connectivity index (χ2n) is 9.18. The molecule has 0 amide bonds.